The van der Waals surface area contributed by atoms with Crippen LogP contribution < -0.4 is 16.6 Å². The van der Waals surface area contributed by atoms with E-state index in [-0.39, 0.29) is 5.41 Å². The Kier molecular flexibility index (Phi) is 5.34. The van der Waals surface area contributed by atoms with Crippen molar-refractivity contribution in [3.8, 4) is 0 Å². The molecule has 1 unspecified atom stereocenters. The van der Waals surface area contributed by atoms with Gasteiger partial charge in [0.05, 0.1) is 0 Å². The minimum Gasteiger partial charge on any atom is -0.367 e. The van der Waals surface area contributed by atoms with Gasteiger partial charge in [-0.05, 0) is 19.3 Å². The van der Waals surface area contributed by atoms with Crippen LogP contribution in [0.2, 0.25) is 0 Å². The van der Waals surface area contributed by atoms with Gasteiger partial charge >= 0.3 is 0 Å². The van der Waals surface area contributed by atoms with Gasteiger partial charge in [0.1, 0.15) is 17.5 Å². The van der Waals surface area contributed by atoms with Crippen molar-refractivity contribution < 1.29 is 0 Å². The van der Waals surface area contributed by atoms with Gasteiger partial charge in [-0.1, -0.05) is 41.5 Å². The van der Waals surface area contributed by atoms with E-state index in [9.17, 15) is 0 Å². The predicted octanol–water partition coefficient (Wildman–Crippen LogP) is 3.21. The number of rotatable bonds is 5. The van der Waals surface area contributed by atoms with Crippen molar-refractivity contribution in [2.45, 2.75) is 66.3 Å². The number of hydrazine groups is 1. The van der Waals surface area contributed by atoms with Crippen molar-refractivity contribution in [2.75, 3.05) is 10.7 Å². The fourth-order valence-corrected chi connectivity index (χ4v) is 2.05. The van der Waals surface area contributed by atoms with Crippen LogP contribution in [-0.4, -0.2) is 16.0 Å². The van der Waals surface area contributed by atoms with Gasteiger partial charge in [0.25, 0.3) is 0 Å². The standard InChI is InChI=1S/C15H29N5/c1-8-11(9(2)3)17-12-10(4)13(20-16)19-14(18-12)15(5,6)7/h9,11H,8,16H2,1-7H3,(H2,17,18,19,20). The van der Waals surface area contributed by atoms with Gasteiger partial charge in [0, 0.05) is 17.0 Å². The number of nitrogens with one attached hydrogen (secondary N) is 2. The molecule has 20 heavy (non-hydrogen) atoms. The second kappa shape index (κ2) is 6.39. The molecule has 0 amide bonds. The molecule has 1 aromatic rings. The number of hydrogen-bond donors (Lipinski definition) is 3. The van der Waals surface area contributed by atoms with Gasteiger partial charge in [-0.2, -0.15) is 0 Å². The summed E-state index contributed by atoms with van der Waals surface area (Å²) in [6, 6.07) is 0.391. The van der Waals surface area contributed by atoms with Crippen LogP contribution in [0, 0.1) is 12.8 Å². The van der Waals surface area contributed by atoms with E-state index in [1.54, 1.807) is 0 Å². The van der Waals surface area contributed by atoms with E-state index in [1.807, 2.05) is 6.92 Å². The van der Waals surface area contributed by atoms with Crippen molar-refractivity contribution in [3.63, 3.8) is 0 Å². The molecule has 4 N–H and O–H groups in total. The van der Waals surface area contributed by atoms with Crippen LogP contribution in [0.25, 0.3) is 0 Å². The highest BCUT2D eigenvalue weighted by Crippen LogP contribution is 2.27. The summed E-state index contributed by atoms with van der Waals surface area (Å²) in [5.74, 6) is 8.48. The van der Waals surface area contributed by atoms with Crippen LogP contribution in [0.3, 0.4) is 0 Å². The molecule has 0 saturated heterocycles. The lowest BCUT2D eigenvalue weighted by atomic mass is 9.95. The average Bonchev–Trinajstić information content (AvgIpc) is 2.35. The lowest BCUT2D eigenvalue weighted by Crippen LogP contribution is -2.28. The first-order chi connectivity index (χ1) is 9.20. The minimum absolute atomic E-state index is 0.116. The Morgan fingerprint density at radius 3 is 2.10 bits per heavy atom. The SMILES string of the molecule is CCC(Nc1nc(C(C)(C)C)nc(NN)c1C)C(C)C. The monoisotopic (exact) mass is 279 g/mol. The van der Waals surface area contributed by atoms with E-state index in [2.05, 4.69) is 57.3 Å². The molecule has 114 valence electrons. The highest BCUT2D eigenvalue weighted by atomic mass is 15.3. The molecular formula is C15H29N5. The zero-order valence-electron chi connectivity index (χ0n) is 13.8. The lowest BCUT2D eigenvalue weighted by Gasteiger charge is -2.25. The Bertz CT molecular complexity index is 448. The summed E-state index contributed by atoms with van der Waals surface area (Å²) in [5, 5.41) is 3.54. The molecule has 0 aliphatic heterocycles. The van der Waals surface area contributed by atoms with Crippen LogP contribution in [-0.2, 0) is 5.41 Å². The molecular weight excluding hydrogens is 250 g/mol. The maximum absolute atomic E-state index is 5.59. The average molecular weight is 279 g/mol. The van der Waals surface area contributed by atoms with E-state index >= 15 is 0 Å². The quantitative estimate of drug-likeness (QED) is 0.570. The summed E-state index contributed by atoms with van der Waals surface area (Å²) in [4.78, 5) is 9.22. The largest absolute Gasteiger partial charge is 0.367 e. The van der Waals surface area contributed by atoms with Crippen molar-refractivity contribution >= 4 is 11.6 Å². The van der Waals surface area contributed by atoms with Gasteiger partial charge in [0.2, 0.25) is 0 Å². The summed E-state index contributed by atoms with van der Waals surface area (Å²) < 4.78 is 0. The van der Waals surface area contributed by atoms with Gasteiger partial charge in [-0.15, -0.1) is 0 Å². The first kappa shape index (κ1) is 16.7. The fraction of sp³-hybridized carbons (Fsp3) is 0.733. The normalized spacial score (nSPS) is 13.4. The second-order valence-electron chi connectivity index (χ2n) is 6.67. The Morgan fingerprint density at radius 1 is 1.15 bits per heavy atom. The molecule has 0 saturated carbocycles. The number of nitrogens with zero attached hydrogens (tertiary/aromatic N) is 2. The maximum Gasteiger partial charge on any atom is 0.148 e. The van der Waals surface area contributed by atoms with E-state index < -0.39 is 0 Å². The van der Waals surface area contributed by atoms with Crippen LogP contribution in [0.1, 0.15) is 59.4 Å². The topological polar surface area (TPSA) is 75.9 Å². The smallest absolute Gasteiger partial charge is 0.148 e. The number of nitrogen functional groups attached to an aromatic ring is 1. The van der Waals surface area contributed by atoms with Gasteiger partial charge < -0.3 is 10.7 Å². The van der Waals surface area contributed by atoms with Gasteiger partial charge in [-0.25, -0.2) is 15.8 Å². The van der Waals surface area contributed by atoms with Crippen LogP contribution in [0.5, 0.6) is 0 Å². The first-order valence-electron chi connectivity index (χ1n) is 7.33. The van der Waals surface area contributed by atoms with E-state index in [4.69, 9.17) is 10.8 Å². The molecule has 1 aromatic heterocycles. The van der Waals surface area contributed by atoms with Crippen molar-refractivity contribution in [3.05, 3.63) is 11.4 Å². The summed E-state index contributed by atoms with van der Waals surface area (Å²) in [6.07, 6.45) is 1.05. The van der Waals surface area contributed by atoms with Crippen molar-refractivity contribution in [1.29, 1.82) is 0 Å². The van der Waals surface area contributed by atoms with E-state index in [0.717, 1.165) is 23.6 Å². The Morgan fingerprint density at radius 2 is 1.70 bits per heavy atom. The number of anilines is 2. The van der Waals surface area contributed by atoms with Crippen molar-refractivity contribution in [1.82, 2.24) is 9.97 Å². The predicted molar refractivity (Wildman–Crippen MR) is 85.8 cm³/mol. The molecule has 0 aromatic carbocycles. The molecule has 0 aliphatic carbocycles. The first-order valence-corrected chi connectivity index (χ1v) is 7.33. The number of aromatic nitrogens is 2. The third-order valence-corrected chi connectivity index (χ3v) is 3.52. The lowest BCUT2D eigenvalue weighted by molar-refractivity contribution is 0.506. The molecule has 1 atom stereocenters. The third kappa shape index (κ3) is 3.82. The summed E-state index contributed by atoms with van der Waals surface area (Å²) in [5.41, 5.74) is 3.52. The van der Waals surface area contributed by atoms with Crippen LogP contribution in [0.15, 0.2) is 0 Å². The van der Waals surface area contributed by atoms with E-state index in [0.29, 0.717) is 17.8 Å². The Hall–Kier alpha value is -1.36. The number of hydrogen-bond acceptors (Lipinski definition) is 5. The molecule has 0 radical (unpaired) electrons. The number of nitrogens with two attached hydrogens (primary N) is 1. The van der Waals surface area contributed by atoms with E-state index in [1.165, 1.54) is 0 Å². The molecule has 1 heterocycles. The molecule has 5 nitrogen and oxygen atoms in total. The highest BCUT2D eigenvalue weighted by molar-refractivity contribution is 5.57. The molecule has 5 heteroatoms. The third-order valence-electron chi connectivity index (χ3n) is 3.52. The summed E-state index contributed by atoms with van der Waals surface area (Å²) >= 11 is 0. The van der Waals surface area contributed by atoms with Gasteiger partial charge in [-0.3, -0.25) is 0 Å². The highest BCUT2D eigenvalue weighted by Gasteiger charge is 2.22. The van der Waals surface area contributed by atoms with Crippen molar-refractivity contribution in [2.24, 2.45) is 11.8 Å². The zero-order chi connectivity index (χ0) is 15.5. The minimum atomic E-state index is -0.116. The molecule has 0 aliphatic rings. The molecule has 0 spiro atoms. The molecule has 0 fully saturated rings. The van der Waals surface area contributed by atoms with Gasteiger partial charge in [0.15, 0.2) is 0 Å². The Balaban J connectivity index is 3.24. The van der Waals surface area contributed by atoms with Crippen LogP contribution >= 0.6 is 0 Å². The molecule has 1 rings (SSSR count). The summed E-state index contributed by atoms with van der Waals surface area (Å²) in [6.45, 7) is 14.9. The molecule has 0 bridgehead atoms. The second-order valence-corrected chi connectivity index (χ2v) is 6.67. The maximum atomic E-state index is 5.59. The summed E-state index contributed by atoms with van der Waals surface area (Å²) in [7, 11) is 0. The Labute approximate surface area is 122 Å². The fourth-order valence-electron chi connectivity index (χ4n) is 2.05. The zero-order valence-corrected chi connectivity index (χ0v) is 13.8. The van der Waals surface area contributed by atoms with Crippen LogP contribution in [0.4, 0.5) is 11.6 Å².